The zero-order chi connectivity index (χ0) is 19.4. The summed E-state index contributed by atoms with van der Waals surface area (Å²) >= 11 is 0. The van der Waals surface area contributed by atoms with Crippen LogP contribution in [0, 0.1) is 11.6 Å². The molecule has 4 aromatic rings. The molecule has 1 aliphatic carbocycles. The highest BCUT2D eigenvalue weighted by molar-refractivity contribution is 6.29. The predicted octanol–water partition coefficient (Wildman–Crippen LogP) is 4.47. The minimum atomic E-state index is -0.692. The molecule has 0 spiro atoms. The lowest BCUT2D eigenvalue weighted by molar-refractivity contribution is 0.0979. The van der Waals surface area contributed by atoms with Gasteiger partial charge in [0.05, 0.1) is 6.42 Å². The number of carbonyl (C=O) groups excluding carboxylic acids is 2. The summed E-state index contributed by atoms with van der Waals surface area (Å²) in [5.74, 6) is -1.65. The van der Waals surface area contributed by atoms with Crippen LogP contribution in [0.3, 0.4) is 0 Å². The molecule has 0 saturated carbocycles. The number of carbonyl (C=O) groups is 2. The molecule has 1 heterocycles. The van der Waals surface area contributed by atoms with E-state index in [1.807, 2.05) is 0 Å². The Morgan fingerprint density at radius 2 is 1.50 bits per heavy atom. The molecule has 1 aliphatic rings. The standard InChI is InChI=1S/C22H11F2NO3/c23-12-6-5-11(17(24)8-12)7-20-25-18-9-15-16(10-19(18)28-20)22(27)14-4-2-1-3-13(14)21(15)26/h1-6,8-10H,7H2. The number of oxazole rings is 1. The quantitative estimate of drug-likeness (QED) is 0.457. The fraction of sp³-hybridized carbons (Fsp3) is 0.0455. The molecule has 0 fully saturated rings. The molecule has 4 nitrogen and oxygen atoms in total. The number of rotatable bonds is 2. The van der Waals surface area contributed by atoms with Gasteiger partial charge in [0.2, 0.25) is 0 Å². The Hall–Kier alpha value is -3.67. The van der Waals surface area contributed by atoms with Crippen molar-refractivity contribution >= 4 is 22.7 Å². The third kappa shape index (κ3) is 2.45. The first-order valence-corrected chi connectivity index (χ1v) is 8.57. The van der Waals surface area contributed by atoms with Gasteiger partial charge >= 0.3 is 0 Å². The average molecular weight is 375 g/mol. The Bertz CT molecular complexity index is 1230. The van der Waals surface area contributed by atoms with Crippen LogP contribution < -0.4 is 0 Å². The summed E-state index contributed by atoms with van der Waals surface area (Å²) in [6, 6.07) is 13.0. The predicted molar refractivity (Wildman–Crippen MR) is 96.5 cm³/mol. The van der Waals surface area contributed by atoms with Gasteiger partial charge in [-0.25, -0.2) is 13.8 Å². The van der Waals surface area contributed by atoms with Gasteiger partial charge in [-0.2, -0.15) is 0 Å². The van der Waals surface area contributed by atoms with Crippen molar-refractivity contribution in [2.45, 2.75) is 6.42 Å². The second-order valence-electron chi connectivity index (χ2n) is 6.59. The summed E-state index contributed by atoms with van der Waals surface area (Å²) in [5, 5.41) is 0. The van der Waals surface area contributed by atoms with Crippen LogP contribution in [-0.4, -0.2) is 16.6 Å². The van der Waals surface area contributed by atoms with E-state index in [0.29, 0.717) is 22.2 Å². The third-order valence-corrected chi connectivity index (χ3v) is 4.83. The molecular weight excluding hydrogens is 364 g/mol. The summed E-state index contributed by atoms with van der Waals surface area (Å²) in [6.45, 7) is 0. The molecule has 0 radical (unpaired) electrons. The molecule has 0 atom stereocenters. The molecular formula is C22H11F2NO3. The van der Waals surface area contributed by atoms with Crippen LogP contribution >= 0.6 is 0 Å². The average Bonchev–Trinajstić information content (AvgIpc) is 3.08. The minimum absolute atomic E-state index is 0.0214. The lowest BCUT2D eigenvalue weighted by atomic mass is 9.84. The first-order chi connectivity index (χ1) is 13.5. The van der Waals surface area contributed by atoms with Crippen LogP contribution in [0.1, 0.15) is 43.3 Å². The van der Waals surface area contributed by atoms with E-state index < -0.39 is 11.6 Å². The molecule has 0 bridgehead atoms. The fourth-order valence-corrected chi connectivity index (χ4v) is 3.47. The van der Waals surface area contributed by atoms with Gasteiger partial charge in [-0.3, -0.25) is 9.59 Å². The summed E-state index contributed by atoms with van der Waals surface area (Å²) in [5.41, 5.74) is 2.20. The molecule has 0 unspecified atom stereocenters. The topological polar surface area (TPSA) is 60.2 Å². The molecule has 1 aromatic heterocycles. The maximum atomic E-state index is 13.9. The van der Waals surface area contributed by atoms with E-state index in [2.05, 4.69) is 4.98 Å². The van der Waals surface area contributed by atoms with Crippen LogP contribution in [0.5, 0.6) is 0 Å². The van der Waals surface area contributed by atoms with E-state index in [1.54, 1.807) is 24.3 Å². The molecule has 136 valence electrons. The third-order valence-electron chi connectivity index (χ3n) is 4.83. The maximum Gasteiger partial charge on any atom is 0.200 e. The molecule has 0 N–H and O–H groups in total. The number of ketones is 2. The van der Waals surface area contributed by atoms with Gasteiger partial charge in [0.15, 0.2) is 23.0 Å². The molecule has 6 heteroatoms. The van der Waals surface area contributed by atoms with Crippen molar-refractivity contribution in [1.82, 2.24) is 4.98 Å². The molecule has 0 saturated heterocycles. The first kappa shape index (κ1) is 16.5. The molecule has 0 amide bonds. The fourth-order valence-electron chi connectivity index (χ4n) is 3.47. The number of hydrogen-bond donors (Lipinski definition) is 0. The summed E-state index contributed by atoms with van der Waals surface area (Å²) < 4.78 is 32.6. The van der Waals surface area contributed by atoms with Gasteiger partial charge in [-0.1, -0.05) is 30.3 Å². The molecule has 0 aliphatic heterocycles. The number of fused-ring (bicyclic) bond motifs is 3. The minimum Gasteiger partial charge on any atom is -0.440 e. The Morgan fingerprint density at radius 1 is 0.821 bits per heavy atom. The van der Waals surface area contributed by atoms with Crippen molar-refractivity contribution in [2.75, 3.05) is 0 Å². The van der Waals surface area contributed by atoms with E-state index in [9.17, 15) is 18.4 Å². The van der Waals surface area contributed by atoms with Crippen molar-refractivity contribution in [1.29, 1.82) is 0 Å². The Morgan fingerprint density at radius 3 is 2.18 bits per heavy atom. The second-order valence-corrected chi connectivity index (χ2v) is 6.59. The lowest BCUT2D eigenvalue weighted by Gasteiger charge is -2.16. The summed E-state index contributed by atoms with van der Waals surface area (Å²) in [7, 11) is 0. The molecule has 5 rings (SSSR count). The number of hydrogen-bond acceptors (Lipinski definition) is 4. The van der Waals surface area contributed by atoms with Crippen molar-refractivity contribution in [2.24, 2.45) is 0 Å². The second kappa shape index (κ2) is 5.92. The number of nitrogens with zero attached hydrogens (tertiary/aromatic N) is 1. The zero-order valence-corrected chi connectivity index (χ0v) is 14.3. The van der Waals surface area contributed by atoms with Gasteiger partial charge < -0.3 is 4.42 Å². The van der Waals surface area contributed by atoms with Crippen LogP contribution in [-0.2, 0) is 6.42 Å². The summed E-state index contributed by atoms with van der Waals surface area (Å²) in [4.78, 5) is 29.9. The highest BCUT2D eigenvalue weighted by atomic mass is 19.1. The van der Waals surface area contributed by atoms with Crippen LogP contribution in [0.25, 0.3) is 11.1 Å². The van der Waals surface area contributed by atoms with Crippen LogP contribution in [0.4, 0.5) is 8.78 Å². The Labute approximate surface area is 157 Å². The highest BCUT2D eigenvalue weighted by Crippen LogP contribution is 2.31. The largest absolute Gasteiger partial charge is 0.440 e. The van der Waals surface area contributed by atoms with Gasteiger partial charge in [0.1, 0.15) is 17.2 Å². The van der Waals surface area contributed by atoms with Gasteiger partial charge in [0, 0.05) is 28.3 Å². The maximum absolute atomic E-state index is 13.9. The normalized spacial score (nSPS) is 12.9. The van der Waals surface area contributed by atoms with E-state index in [4.69, 9.17) is 4.42 Å². The Kier molecular flexibility index (Phi) is 3.49. The van der Waals surface area contributed by atoms with E-state index in [-0.39, 0.29) is 40.6 Å². The number of benzene rings is 3. The van der Waals surface area contributed by atoms with Gasteiger partial charge in [0.25, 0.3) is 0 Å². The van der Waals surface area contributed by atoms with E-state index in [1.165, 1.54) is 18.2 Å². The summed E-state index contributed by atoms with van der Waals surface area (Å²) in [6.07, 6.45) is 0.0214. The van der Waals surface area contributed by atoms with E-state index >= 15 is 0 Å². The first-order valence-electron chi connectivity index (χ1n) is 8.57. The SMILES string of the molecule is O=C1c2ccccc2C(=O)c2cc3oc(Cc4ccc(F)cc4F)nc3cc21. The van der Waals surface area contributed by atoms with Crippen molar-refractivity contribution in [3.63, 3.8) is 0 Å². The van der Waals surface area contributed by atoms with E-state index in [0.717, 1.165) is 12.1 Å². The van der Waals surface area contributed by atoms with Crippen LogP contribution in [0.15, 0.2) is 59.0 Å². The van der Waals surface area contributed by atoms with Gasteiger partial charge in [-0.05, 0) is 23.8 Å². The van der Waals surface area contributed by atoms with Crippen molar-refractivity contribution < 1.29 is 22.8 Å². The number of halogens is 2. The van der Waals surface area contributed by atoms with Gasteiger partial charge in [-0.15, -0.1) is 0 Å². The highest BCUT2D eigenvalue weighted by Gasteiger charge is 2.30. The van der Waals surface area contributed by atoms with Crippen LogP contribution in [0.2, 0.25) is 0 Å². The van der Waals surface area contributed by atoms with Crippen molar-refractivity contribution in [3.8, 4) is 0 Å². The molecule has 28 heavy (non-hydrogen) atoms. The smallest absolute Gasteiger partial charge is 0.200 e. The monoisotopic (exact) mass is 375 g/mol. The lowest BCUT2D eigenvalue weighted by Crippen LogP contribution is -2.20. The zero-order valence-electron chi connectivity index (χ0n) is 14.3. The van der Waals surface area contributed by atoms with Crippen molar-refractivity contribution in [3.05, 3.63) is 99.9 Å². The Balaban J connectivity index is 1.60. The number of aromatic nitrogens is 1. The molecule has 3 aromatic carbocycles.